The van der Waals surface area contributed by atoms with Crippen molar-refractivity contribution in [2.45, 2.75) is 152 Å². The molecule has 0 aromatic rings. The fourth-order valence-corrected chi connectivity index (χ4v) is 7.61. The lowest BCUT2D eigenvalue weighted by atomic mass is 9.81. The van der Waals surface area contributed by atoms with Crippen LogP contribution >= 0.6 is 0 Å². The van der Waals surface area contributed by atoms with Gasteiger partial charge in [0.2, 0.25) is 0 Å². The molecule has 3 aliphatic heterocycles. The van der Waals surface area contributed by atoms with Crippen molar-refractivity contribution in [1.29, 1.82) is 0 Å². The normalized spacial score (nSPS) is 30.5. The number of carbonyl (C=O) groups excluding carboxylic acids is 3. The lowest BCUT2D eigenvalue weighted by Gasteiger charge is -2.48. The van der Waals surface area contributed by atoms with Gasteiger partial charge in [0.25, 0.3) is 0 Å². The molecule has 0 radical (unpaired) electrons. The van der Waals surface area contributed by atoms with Gasteiger partial charge in [-0.2, -0.15) is 0 Å². The first-order valence-electron chi connectivity index (χ1n) is 16.7. The Balaban J connectivity index is 1.15. The van der Waals surface area contributed by atoms with E-state index in [1.807, 2.05) is 24.3 Å². The van der Waals surface area contributed by atoms with Crippen LogP contribution in [0.25, 0.3) is 0 Å². The van der Waals surface area contributed by atoms with Gasteiger partial charge in [-0.1, -0.05) is 71.1 Å². The molecular formula is C36H50O6. The van der Waals surface area contributed by atoms with Crippen LogP contribution < -0.4 is 0 Å². The minimum absolute atomic E-state index is 0.0384. The Hall–Kier alpha value is -2.15. The molecule has 3 heterocycles. The van der Waals surface area contributed by atoms with E-state index in [0.717, 1.165) is 12.8 Å². The van der Waals surface area contributed by atoms with Crippen molar-refractivity contribution in [2.75, 3.05) is 0 Å². The van der Waals surface area contributed by atoms with Gasteiger partial charge in [-0.05, 0) is 73.8 Å². The second-order valence-electron chi connectivity index (χ2n) is 13.5. The van der Waals surface area contributed by atoms with Crippen LogP contribution in [-0.2, 0) is 28.6 Å². The molecule has 42 heavy (non-hydrogen) atoms. The maximum Gasteiger partial charge on any atom is 0.178 e. The largest absolute Gasteiger partial charge is 0.335 e. The molecule has 0 aromatic heterocycles. The number of allylic oxidation sites excluding steroid dienone is 4. The van der Waals surface area contributed by atoms with Crippen LogP contribution in [0.3, 0.4) is 0 Å². The van der Waals surface area contributed by atoms with E-state index in [2.05, 4.69) is 6.92 Å². The molecule has 6 heteroatoms. The highest BCUT2D eigenvalue weighted by Gasteiger charge is 2.61. The van der Waals surface area contributed by atoms with Crippen LogP contribution in [0, 0.1) is 5.92 Å². The molecule has 0 amide bonds. The predicted molar refractivity (Wildman–Crippen MR) is 163 cm³/mol. The van der Waals surface area contributed by atoms with E-state index in [0.29, 0.717) is 57.1 Å². The number of hydrogen-bond acceptors (Lipinski definition) is 6. The Labute approximate surface area is 252 Å². The van der Waals surface area contributed by atoms with Gasteiger partial charge >= 0.3 is 0 Å². The first-order valence-corrected chi connectivity index (χ1v) is 16.7. The van der Waals surface area contributed by atoms with Crippen molar-refractivity contribution >= 4 is 17.3 Å². The fourth-order valence-electron chi connectivity index (χ4n) is 7.61. The third-order valence-corrected chi connectivity index (χ3v) is 9.81. The first-order chi connectivity index (χ1) is 20.3. The van der Waals surface area contributed by atoms with Crippen molar-refractivity contribution in [3.05, 3.63) is 48.6 Å². The highest BCUT2D eigenvalue weighted by atomic mass is 16.8. The molecule has 0 bridgehead atoms. The summed E-state index contributed by atoms with van der Waals surface area (Å²) in [6.07, 6.45) is 32.8. The molecule has 4 spiro atoms. The molecule has 5 aliphatic rings. The first kappa shape index (κ1) is 31.3. The number of rotatable bonds is 14. The van der Waals surface area contributed by atoms with Crippen LogP contribution in [0.2, 0.25) is 0 Å². The number of Topliss-reactive ketones (excluding diaryl/α,β-unsaturated/α-hetero) is 1. The van der Waals surface area contributed by atoms with Crippen LogP contribution in [-0.4, -0.2) is 40.1 Å². The minimum Gasteiger partial charge on any atom is -0.335 e. The molecule has 2 aliphatic carbocycles. The molecule has 2 unspecified atom stereocenters. The van der Waals surface area contributed by atoms with E-state index in [9.17, 15) is 14.4 Å². The summed E-state index contributed by atoms with van der Waals surface area (Å²) in [4.78, 5) is 36.8. The highest BCUT2D eigenvalue weighted by Crippen LogP contribution is 2.56. The molecule has 3 fully saturated rings. The molecule has 0 aromatic carbocycles. The Morgan fingerprint density at radius 3 is 1.52 bits per heavy atom. The molecule has 6 nitrogen and oxygen atoms in total. The van der Waals surface area contributed by atoms with Crippen LogP contribution in [0.1, 0.15) is 129 Å². The van der Waals surface area contributed by atoms with Gasteiger partial charge in [0.1, 0.15) is 17.0 Å². The summed E-state index contributed by atoms with van der Waals surface area (Å²) in [6.45, 7) is 2.26. The zero-order valence-electron chi connectivity index (χ0n) is 25.6. The summed E-state index contributed by atoms with van der Waals surface area (Å²) in [5.41, 5.74) is -1.33. The van der Waals surface area contributed by atoms with E-state index < -0.39 is 22.8 Å². The topological polar surface area (TPSA) is 78.9 Å². The zero-order chi connectivity index (χ0) is 29.5. The SMILES string of the molecule is CCCCCCCCCCCCCC(=O)CC1CC2(CCC3(C=CC(=O)C=C3)O2)O[C@@]2(CCC3(C=CC(=O)C=C3)O2)C1. The Bertz CT molecular complexity index is 1020. The van der Waals surface area contributed by atoms with E-state index in [-0.39, 0.29) is 17.5 Å². The average Bonchev–Trinajstić information content (AvgIpc) is 3.47. The number of unbranched alkanes of at least 4 members (excludes halogenated alkanes) is 10. The standard InChI is InChI=1S/C36H50O6/c1-2-3-4-5-6-7-8-9-10-11-12-13-32(39)26-29-27-35(24-22-33(40-35)18-14-30(37)15-19-33)42-36(28-29)25-23-34(41-36)20-16-31(38)17-21-34/h14-21,29H,2-13,22-28H2,1H3/t29?,35-,36?/m0/s1. The minimum atomic E-state index is -0.877. The van der Waals surface area contributed by atoms with Crippen molar-refractivity contribution in [3.63, 3.8) is 0 Å². The van der Waals surface area contributed by atoms with Crippen LogP contribution in [0.15, 0.2) is 48.6 Å². The molecular weight excluding hydrogens is 528 g/mol. The second-order valence-corrected chi connectivity index (χ2v) is 13.5. The van der Waals surface area contributed by atoms with Crippen LogP contribution in [0.5, 0.6) is 0 Å². The van der Waals surface area contributed by atoms with E-state index in [1.165, 1.54) is 57.8 Å². The molecule has 3 saturated heterocycles. The van der Waals surface area contributed by atoms with Gasteiger partial charge in [-0.25, -0.2) is 0 Å². The molecule has 0 saturated carbocycles. The molecule has 230 valence electrons. The fraction of sp³-hybridized carbons (Fsp3) is 0.694. The number of carbonyl (C=O) groups is 3. The highest BCUT2D eigenvalue weighted by molar-refractivity contribution is 6.01. The van der Waals surface area contributed by atoms with E-state index in [4.69, 9.17) is 14.2 Å². The maximum atomic E-state index is 13.2. The van der Waals surface area contributed by atoms with Crippen molar-refractivity contribution < 1.29 is 28.6 Å². The Kier molecular flexibility index (Phi) is 10.2. The van der Waals surface area contributed by atoms with E-state index in [1.54, 1.807) is 24.3 Å². The number of ketones is 3. The van der Waals surface area contributed by atoms with Gasteiger partial charge in [0.05, 0.1) is 0 Å². The van der Waals surface area contributed by atoms with E-state index >= 15 is 0 Å². The Morgan fingerprint density at radius 2 is 1.07 bits per heavy atom. The lowest BCUT2D eigenvalue weighted by Crippen LogP contribution is -2.53. The van der Waals surface area contributed by atoms with Gasteiger partial charge in [0.15, 0.2) is 23.1 Å². The lowest BCUT2D eigenvalue weighted by molar-refractivity contribution is -0.383. The van der Waals surface area contributed by atoms with Gasteiger partial charge in [-0.15, -0.1) is 0 Å². The molecule has 5 rings (SSSR count). The number of ether oxygens (including phenoxy) is 3. The summed E-state index contributed by atoms with van der Waals surface area (Å²) < 4.78 is 20.2. The summed E-state index contributed by atoms with van der Waals surface area (Å²) in [6, 6.07) is 0. The van der Waals surface area contributed by atoms with Crippen molar-refractivity contribution in [3.8, 4) is 0 Å². The quantitative estimate of drug-likeness (QED) is 0.195. The Morgan fingerprint density at radius 1 is 0.643 bits per heavy atom. The summed E-state index contributed by atoms with van der Waals surface area (Å²) >= 11 is 0. The molecule has 0 N–H and O–H groups in total. The summed E-state index contributed by atoms with van der Waals surface area (Å²) in [5, 5.41) is 0. The molecule has 3 atom stereocenters. The average molecular weight is 579 g/mol. The van der Waals surface area contributed by atoms with Crippen molar-refractivity contribution in [2.24, 2.45) is 5.92 Å². The van der Waals surface area contributed by atoms with Gasteiger partial charge < -0.3 is 14.2 Å². The van der Waals surface area contributed by atoms with Gasteiger partial charge in [0, 0.05) is 38.5 Å². The van der Waals surface area contributed by atoms with Crippen molar-refractivity contribution in [1.82, 2.24) is 0 Å². The third-order valence-electron chi connectivity index (χ3n) is 9.81. The zero-order valence-corrected chi connectivity index (χ0v) is 25.6. The smallest absolute Gasteiger partial charge is 0.178 e. The predicted octanol–water partition coefficient (Wildman–Crippen LogP) is 7.95. The second kappa shape index (κ2) is 13.7. The number of hydrogen-bond donors (Lipinski definition) is 0. The maximum absolute atomic E-state index is 13.2. The summed E-state index contributed by atoms with van der Waals surface area (Å²) in [5.74, 6) is -1.43. The summed E-state index contributed by atoms with van der Waals surface area (Å²) in [7, 11) is 0. The van der Waals surface area contributed by atoms with Crippen LogP contribution in [0.4, 0.5) is 0 Å². The third kappa shape index (κ3) is 7.86. The van der Waals surface area contributed by atoms with Gasteiger partial charge in [-0.3, -0.25) is 14.4 Å². The monoisotopic (exact) mass is 578 g/mol.